The summed E-state index contributed by atoms with van der Waals surface area (Å²) in [6.45, 7) is 6.72. The lowest BCUT2D eigenvalue weighted by Crippen LogP contribution is -2.47. The zero-order valence-corrected chi connectivity index (χ0v) is 53.0. The smallest absolute Gasteiger partial charge is 0.306 e. The first-order valence-electron chi connectivity index (χ1n) is 33.1. The predicted molar refractivity (Wildman–Crippen MR) is 335 cm³/mol. The lowest BCUT2D eigenvalue weighted by Gasteiger charge is -2.30. The number of amides is 1. The molecular weight excluding hydrogens is 988 g/mol. The van der Waals surface area contributed by atoms with Crippen molar-refractivity contribution in [3.8, 4) is 0 Å². The Morgan fingerprint density at radius 2 is 0.833 bits per heavy atom. The number of hydrogen-bond donors (Lipinski definition) is 1. The van der Waals surface area contributed by atoms with Crippen molar-refractivity contribution >= 4 is 19.7 Å². The number of phosphoric ester groups is 1. The standard InChI is InChI=1S/C68H127N2O7P/c1-7-10-13-16-19-22-25-28-29-30-31-32-33-34-35-36-37-38-39-40-41-43-45-48-51-54-57-60-67(71)69-65(64-76-78(73,74)75-63-62-70(4,5)6)66(59-56-53-50-47-44-27-24-21-18-15-12-9-3)77-68(72)61-58-55-52-49-46-42-26-23-20-17-14-11-8-2/h11,14,17,20,23,26,28-29,56,59,65-66H,7-10,12-13,15-16,18-19,21-22,24-25,27,30-55,57-58,60-64H2,1-6H3,(H-,69,71,73,74)/b14-11+,20-17+,26-23-,29-28+,59-56-. The number of nitrogens with zero attached hydrogens (tertiary/aromatic N) is 1. The zero-order chi connectivity index (χ0) is 57.2. The van der Waals surface area contributed by atoms with Gasteiger partial charge in [0.1, 0.15) is 19.3 Å². The van der Waals surface area contributed by atoms with Crippen LogP contribution in [-0.2, 0) is 27.9 Å². The summed E-state index contributed by atoms with van der Waals surface area (Å²) in [5.41, 5.74) is 0. The van der Waals surface area contributed by atoms with Crippen molar-refractivity contribution < 1.29 is 37.3 Å². The van der Waals surface area contributed by atoms with Crippen LogP contribution in [0.15, 0.2) is 60.8 Å². The van der Waals surface area contributed by atoms with Crippen molar-refractivity contribution in [2.24, 2.45) is 0 Å². The van der Waals surface area contributed by atoms with Gasteiger partial charge in [-0.1, -0.05) is 281 Å². The molecule has 0 saturated carbocycles. The minimum atomic E-state index is -4.70. The van der Waals surface area contributed by atoms with E-state index in [0.717, 1.165) is 77.0 Å². The highest BCUT2D eigenvalue weighted by molar-refractivity contribution is 7.45. The van der Waals surface area contributed by atoms with Gasteiger partial charge in [-0.25, -0.2) is 0 Å². The summed E-state index contributed by atoms with van der Waals surface area (Å²) in [5.74, 6) is -0.556. The number of nitrogens with one attached hydrogen (secondary N) is 1. The van der Waals surface area contributed by atoms with Gasteiger partial charge in [0.25, 0.3) is 7.82 Å². The first-order valence-corrected chi connectivity index (χ1v) is 34.6. The molecule has 3 atom stereocenters. The molecule has 0 aliphatic rings. The molecule has 3 unspecified atom stereocenters. The van der Waals surface area contributed by atoms with Crippen molar-refractivity contribution in [2.75, 3.05) is 40.9 Å². The lowest BCUT2D eigenvalue weighted by atomic mass is 10.0. The number of hydrogen-bond acceptors (Lipinski definition) is 7. The molecule has 0 rings (SSSR count). The van der Waals surface area contributed by atoms with E-state index in [-0.39, 0.29) is 24.9 Å². The third-order valence-electron chi connectivity index (χ3n) is 14.7. The summed E-state index contributed by atoms with van der Waals surface area (Å²) in [6, 6.07) is -0.896. The maximum atomic E-state index is 13.6. The number of quaternary nitrogens is 1. The first kappa shape index (κ1) is 75.7. The highest BCUT2D eigenvalue weighted by Crippen LogP contribution is 2.38. The van der Waals surface area contributed by atoms with E-state index >= 15 is 0 Å². The van der Waals surface area contributed by atoms with Crippen LogP contribution in [0, 0.1) is 0 Å². The fourth-order valence-electron chi connectivity index (χ4n) is 9.64. The van der Waals surface area contributed by atoms with Gasteiger partial charge in [0, 0.05) is 12.8 Å². The normalized spacial score (nSPS) is 14.0. The molecule has 0 fully saturated rings. The average molecular weight is 1120 g/mol. The van der Waals surface area contributed by atoms with Crippen LogP contribution < -0.4 is 10.2 Å². The number of phosphoric acid groups is 1. The van der Waals surface area contributed by atoms with Gasteiger partial charge in [-0.3, -0.25) is 14.2 Å². The van der Waals surface area contributed by atoms with E-state index in [1.165, 1.54) is 193 Å². The minimum Gasteiger partial charge on any atom is -0.756 e. The zero-order valence-electron chi connectivity index (χ0n) is 52.1. The van der Waals surface area contributed by atoms with Crippen LogP contribution >= 0.6 is 7.82 Å². The van der Waals surface area contributed by atoms with E-state index in [9.17, 15) is 19.0 Å². The molecule has 78 heavy (non-hydrogen) atoms. The van der Waals surface area contributed by atoms with E-state index in [4.69, 9.17) is 13.8 Å². The second-order valence-corrected chi connectivity index (χ2v) is 25.1. The van der Waals surface area contributed by atoms with Crippen LogP contribution in [0.25, 0.3) is 0 Å². The molecular formula is C68H127N2O7P. The van der Waals surface area contributed by atoms with Gasteiger partial charge in [-0.15, -0.1) is 0 Å². The fourth-order valence-corrected chi connectivity index (χ4v) is 10.4. The summed E-state index contributed by atoms with van der Waals surface area (Å²) in [6.07, 6.45) is 73.5. The number of carbonyl (C=O) groups is 2. The Balaban J connectivity index is 4.99. The highest BCUT2D eigenvalue weighted by Gasteiger charge is 2.27. The third kappa shape index (κ3) is 58.4. The number of rotatable bonds is 60. The molecule has 0 aliphatic heterocycles. The summed E-state index contributed by atoms with van der Waals surface area (Å²) in [5, 5.41) is 3.03. The van der Waals surface area contributed by atoms with Crippen LogP contribution in [0.2, 0.25) is 0 Å². The predicted octanol–water partition coefficient (Wildman–Crippen LogP) is 20.0. The van der Waals surface area contributed by atoms with Crippen LogP contribution in [0.4, 0.5) is 0 Å². The van der Waals surface area contributed by atoms with E-state index < -0.39 is 26.6 Å². The molecule has 9 nitrogen and oxygen atoms in total. The summed E-state index contributed by atoms with van der Waals surface area (Å²) in [4.78, 5) is 40.0. The molecule has 0 spiro atoms. The molecule has 0 heterocycles. The van der Waals surface area contributed by atoms with Gasteiger partial charge in [-0.05, 0) is 76.7 Å². The number of carbonyl (C=O) groups excluding carboxylic acids is 2. The van der Waals surface area contributed by atoms with Gasteiger partial charge in [0.05, 0.1) is 33.8 Å². The Hall–Kier alpha value is -2.29. The molecule has 0 aliphatic carbocycles. The molecule has 1 N–H and O–H groups in total. The SMILES string of the molecule is CC/C=C/C=C/C=C\CCCCCCCC(=O)OC(/C=C\CCCCCCCCCCCC)C(COP(=O)([O-])OCC[N+](C)(C)C)NC(=O)CCCCCCCCCCCCCCCCCCC/C=C/CCCCCCCC. The van der Waals surface area contributed by atoms with E-state index in [1.807, 2.05) is 33.3 Å². The second-order valence-electron chi connectivity index (χ2n) is 23.7. The highest BCUT2D eigenvalue weighted by atomic mass is 31.2. The molecule has 1 amide bonds. The largest absolute Gasteiger partial charge is 0.756 e. The van der Waals surface area contributed by atoms with Gasteiger partial charge in [-0.2, -0.15) is 0 Å². The Morgan fingerprint density at radius 3 is 1.26 bits per heavy atom. The molecule has 0 aromatic rings. The number of esters is 1. The Morgan fingerprint density at radius 1 is 0.462 bits per heavy atom. The van der Waals surface area contributed by atoms with Crippen molar-refractivity contribution in [2.45, 2.75) is 322 Å². The quantitative estimate of drug-likeness (QED) is 0.0161. The third-order valence-corrected chi connectivity index (χ3v) is 15.7. The fraction of sp³-hybridized carbons (Fsp3) is 0.824. The maximum Gasteiger partial charge on any atom is 0.306 e. The molecule has 0 saturated heterocycles. The van der Waals surface area contributed by atoms with Crippen molar-refractivity contribution in [3.63, 3.8) is 0 Å². The first-order chi connectivity index (χ1) is 37.9. The van der Waals surface area contributed by atoms with Gasteiger partial charge in [0.2, 0.25) is 5.91 Å². The van der Waals surface area contributed by atoms with Crippen LogP contribution in [0.5, 0.6) is 0 Å². The Bertz CT molecular complexity index is 1520. The lowest BCUT2D eigenvalue weighted by molar-refractivity contribution is -0.870. The monoisotopic (exact) mass is 1110 g/mol. The van der Waals surface area contributed by atoms with E-state index in [2.05, 4.69) is 74.7 Å². The van der Waals surface area contributed by atoms with Gasteiger partial charge < -0.3 is 28.5 Å². The summed E-state index contributed by atoms with van der Waals surface area (Å²) in [7, 11) is 1.18. The van der Waals surface area contributed by atoms with Crippen LogP contribution in [0.3, 0.4) is 0 Å². The Labute approximate surface area is 483 Å². The van der Waals surface area contributed by atoms with Gasteiger partial charge >= 0.3 is 5.97 Å². The second kappa shape index (κ2) is 57.9. The molecule has 0 bridgehead atoms. The molecule has 10 heteroatoms. The molecule has 456 valence electrons. The van der Waals surface area contributed by atoms with Gasteiger partial charge in [0.15, 0.2) is 0 Å². The number of allylic oxidation sites excluding steroid dienone is 9. The van der Waals surface area contributed by atoms with Crippen molar-refractivity contribution in [3.05, 3.63) is 60.8 Å². The van der Waals surface area contributed by atoms with Crippen LogP contribution in [-0.4, -0.2) is 69.4 Å². The topological polar surface area (TPSA) is 114 Å². The summed E-state index contributed by atoms with van der Waals surface area (Å²) >= 11 is 0. The van der Waals surface area contributed by atoms with Crippen molar-refractivity contribution in [1.29, 1.82) is 0 Å². The number of unbranched alkanes of at least 4 members (excludes halogenated alkanes) is 38. The minimum absolute atomic E-state index is 0.0259. The van der Waals surface area contributed by atoms with E-state index in [1.54, 1.807) is 0 Å². The van der Waals surface area contributed by atoms with Crippen molar-refractivity contribution in [1.82, 2.24) is 5.32 Å². The number of likely N-dealkylation sites (N-methyl/N-ethyl adjacent to an activating group) is 1. The average Bonchev–Trinajstić information content (AvgIpc) is 3.40. The van der Waals surface area contributed by atoms with E-state index in [0.29, 0.717) is 23.9 Å². The number of ether oxygens (including phenoxy) is 1. The summed E-state index contributed by atoms with van der Waals surface area (Å²) < 4.78 is 30.3. The molecule has 0 aromatic carbocycles. The maximum absolute atomic E-state index is 13.6. The molecule has 0 radical (unpaired) electrons. The van der Waals surface area contributed by atoms with Crippen LogP contribution in [0.1, 0.15) is 310 Å². The Kier molecular flexibility index (Phi) is 56.2. The molecule has 0 aromatic heterocycles.